The summed E-state index contributed by atoms with van der Waals surface area (Å²) < 4.78 is 26.7. The summed E-state index contributed by atoms with van der Waals surface area (Å²) in [5, 5.41) is 2.74. The van der Waals surface area contributed by atoms with Gasteiger partial charge in [-0.25, -0.2) is 0 Å². The Kier molecular flexibility index (Phi) is 18.7. The van der Waals surface area contributed by atoms with Crippen molar-refractivity contribution >= 4 is 5.91 Å². The maximum atomic E-state index is 11.0. The lowest BCUT2D eigenvalue weighted by molar-refractivity contribution is -0.121. The molecule has 0 fully saturated rings. The maximum Gasteiger partial charge on any atom is 0.219 e. The van der Waals surface area contributed by atoms with E-state index in [1.807, 2.05) is 6.92 Å². The van der Waals surface area contributed by atoms with Gasteiger partial charge in [-0.2, -0.15) is 0 Å². The molecule has 0 saturated heterocycles. The van der Waals surface area contributed by atoms with Crippen molar-refractivity contribution in [1.82, 2.24) is 5.32 Å². The van der Waals surface area contributed by atoms with Gasteiger partial charge in [-0.3, -0.25) is 4.79 Å². The Morgan fingerprint density at radius 3 is 1.43 bits per heavy atom. The zero-order chi connectivity index (χ0) is 17.0. The molecule has 0 aromatic carbocycles. The second-order valence-electron chi connectivity index (χ2n) is 4.77. The SMILES string of the molecule is CCCOCCOCCOCCOCCOCCNC(=O)CC. The fourth-order valence-electron chi connectivity index (χ4n) is 1.51. The third-order valence-electron chi connectivity index (χ3n) is 2.73. The molecule has 138 valence electrons. The number of hydrogen-bond donors (Lipinski definition) is 1. The maximum absolute atomic E-state index is 11.0. The van der Waals surface area contributed by atoms with Crippen LogP contribution >= 0.6 is 0 Å². The first-order valence-corrected chi connectivity index (χ1v) is 8.46. The number of nitrogens with one attached hydrogen (secondary N) is 1. The van der Waals surface area contributed by atoms with Crippen LogP contribution in [0.15, 0.2) is 0 Å². The number of rotatable bonds is 18. The molecule has 7 nitrogen and oxygen atoms in total. The molecule has 0 aliphatic heterocycles. The third kappa shape index (κ3) is 19.2. The monoisotopic (exact) mass is 335 g/mol. The molecule has 0 unspecified atom stereocenters. The standard InChI is InChI=1S/C16H33NO6/c1-3-6-19-8-10-21-12-14-23-15-13-22-11-9-20-7-5-17-16(18)4-2/h3-15H2,1-2H3,(H,17,18). The van der Waals surface area contributed by atoms with Gasteiger partial charge in [-0.15, -0.1) is 0 Å². The molecule has 0 aliphatic carbocycles. The number of hydrogen-bond acceptors (Lipinski definition) is 6. The van der Waals surface area contributed by atoms with Crippen LogP contribution in [0.2, 0.25) is 0 Å². The van der Waals surface area contributed by atoms with Gasteiger partial charge in [-0.1, -0.05) is 13.8 Å². The zero-order valence-corrected chi connectivity index (χ0v) is 14.6. The highest BCUT2D eigenvalue weighted by molar-refractivity contribution is 5.75. The van der Waals surface area contributed by atoms with E-state index in [0.29, 0.717) is 72.4 Å². The van der Waals surface area contributed by atoms with E-state index in [4.69, 9.17) is 23.7 Å². The molecule has 0 aromatic rings. The molecule has 23 heavy (non-hydrogen) atoms. The molecule has 0 bridgehead atoms. The molecular weight excluding hydrogens is 302 g/mol. The summed E-state index contributed by atoms with van der Waals surface area (Å²) in [6, 6.07) is 0. The van der Waals surface area contributed by atoms with Crippen LogP contribution in [-0.2, 0) is 28.5 Å². The van der Waals surface area contributed by atoms with Crippen LogP contribution in [0.3, 0.4) is 0 Å². The highest BCUT2D eigenvalue weighted by Crippen LogP contribution is 1.84. The van der Waals surface area contributed by atoms with Crippen LogP contribution in [0, 0.1) is 0 Å². The number of ether oxygens (including phenoxy) is 5. The predicted molar refractivity (Wildman–Crippen MR) is 87.7 cm³/mol. The van der Waals surface area contributed by atoms with Gasteiger partial charge < -0.3 is 29.0 Å². The smallest absolute Gasteiger partial charge is 0.219 e. The van der Waals surface area contributed by atoms with E-state index in [1.165, 1.54) is 0 Å². The number of amides is 1. The second kappa shape index (κ2) is 19.3. The van der Waals surface area contributed by atoms with Gasteiger partial charge >= 0.3 is 0 Å². The summed E-state index contributed by atoms with van der Waals surface area (Å²) in [4.78, 5) is 11.0. The molecule has 7 heteroatoms. The van der Waals surface area contributed by atoms with Crippen LogP contribution in [0.5, 0.6) is 0 Å². The minimum absolute atomic E-state index is 0.0412. The molecule has 1 N–H and O–H groups in total. The molecule has 1 amide bonds. The highest BCUT2D eigenvalue weighted by atomic mass is 16.6. The summed E-state index contributed by atoms with van der Waals surface area (Å²) in [6.45, 7) is 10.2. The third-order valence-corrected chi connectivity index (χ3v) is 2.73. The average Bonchev–Trinajstić information content (AvgIpc) is 2.57. The lowest BCUT2D eigenvalue weighted by Crippen LogP contribution is -2.26. The summed E-state index contributed by atoms with van der Waals surface area (Å²) in [7, 11) is 0. The van der Waals surface area contributed by atoms with E-state index in [2.05, 4.69) is 12.2 Å². The Morgan fingerprint density at radius 2 is 1.04 bits per heavy atom. The van der Waals surface area contributed by atoms with Crippen molar-refractivity contribution < 1.29 is 28.5 Å². The molecule has 0 rings (SSSR count). The van der Waals surface area contributed by atoms with Gasteiger partial charge in [0.05, 0.1) is 59.5 Å². The van der Waals surface area contributed by atoms with Crippen LogP contribution in [-0.4, -0.2) is 78.5 Å². The fraction of sp³-hybridized carbons (Fsp3) is 0.938. The van der Waals surface area contributed by atoms with Gasteiger partial charge in [0, 0.05) is 19.6 Å². The van der Waals surface area contributed by atoms with Gasteiger partial charge in [-0.05, 0) is 6.42 Å². The zero-order valence-electron chi connectivity index (χ0n) is 14.6. The van der Waals surface area contributed by atoms with Crippen LogP contribution in [0.4, 0.5) is 0 Å². The minimum atomic E-state index is 0.0412. The van der Waals surface area contributed by atoms with E-state index < -0.39 is 0 Å². The van der Waals surface area contributed by atoms with Gasteiger partial charge in [0.25, 0.3) is 0 Å². The summed E-state index contributed by atoms with van der Waals surface area (Å²) >= 11 is 0. The molecule has 0 radical (unpaired) electrons. The average molecular weight is 335 g/mol. The van der Waals surface area contributed by atoms with Gasteiger partial charge in [0.1, 0.15) is 0 Å². The van der Waals surface area contributed by atoms with E-state index >= 15 is 0 Å². The summed E-state index contributed by atoms with van der Waals surface area (Å²) in [5.41, 5.74) is 0. The Balaban J connectivity index is 2.99. The van der Waals surface area contributed by atoms with Crippen molar-refractivity contribution in [3.63, 3.8) is 0 Å². The van der Waals surface area contributed by atoms with Crippen molar-refractivity contribution in [2.24, 2.45) is 0 Å². The molecule has 0 aromatic heterocycles. The van der Waals surface area contributed by atoms with Crippen LogP contribution < -0.4 is 5.32 Å². The van der Waals surface area contributed by atoms with E-state index in [9.17, 15) is 4.79 Å². The Morgan fingerprint density at radius 1 is 0.652 bits per heavy atom. The van der Waals surface area contributed by atoms with Crippen molar-refractivity contribution in [2.45, 2.75) is 26.7 Å². The van der Waals surface area contributed by atoms with E-state index in [1.54, 1.807) is 0 Å². The molecule has 0 saturated carbocycles. The second-order valence-corrected chi connectivity index (χ2v) is 4.77. The van der Waals surface area contributed by atoms with Crippen molar-refractivity contribution in [3.8, 4) is 0 Å². The van der Waals surface area contributed by atoms with Crippen molar-refractivity contribution in [1.29, 1.82) is 0 Å². The molecular formula is C16H33NO6. The predicted octanol–water partition coefficient (Wildman–Crippen LogP) is 1.01. The topological polar surface area (TPSA) is 75.2 Å². The highest BCUT2D eigenvalue weighted by Gasteiger charge is 1.95. The normalized spacial score (nSPS) is 10.9. The van der Waals surface area contributed by atoms with Crippen LogP contribution in [0.25, 0.3) is 0 Å². The molecule has 0 aliphatic rings. The van der Waals surface area contributed by atoms with Crippen LogP contribution in [0.1, 0.15) is 26.7 Å². The first-order chi connectivity index (χ1) is 11.3. The molecule has 0 atom stereocenters. The van der Waals surface area contributed by atoms with Gasteiger partial charge in [0.15, 0.2) is 0 Å². The van der Waals surface area contributed by atoms with E-state index in [0.717, 1.165) is 13.0 Å². The number of carbonyl (C=O) groups is 1. The van der Waals surface area contributed by atoms with Gasteiger partial charge in [0.2, 0.25) is 5.91 Å². The fourth-order valence-corrected chi connectivity index (χ4v) is 1.51. The Labute approximate surface area is 139 Å². The largest absolute Gasteiger partial charge is 0.379 e. The Bertz CT molecular complexity index is 253. The first kappa shape index (κ1) is 22.3. The summed E-state index contributed by atoms with van der Waals surface area (Å²) in [6.07, 6.45) is 1.53. The minimum Gasteiger partial charge on any atom is -0.379 e. The lowest BCUT2D eigenvalue weighted by atomic mass is 10.4. The Hall–Kier alpha value is -0.730. The first-order valence-electron chi connectivity index (χ1n) is 8.46. The van der Waals surface area contributed by atoms with Crippen molar-refractivity contribution in [3.05, 3.63) is 0 Å². The van der Waals surface area contributed by atoms with E-state index in [-0.39, 0.29) is 5.91 Å². The molecule has 0 spiro atoms. The summed E-state index contributed by atoms with van der Waals surface area (Å²) in [5.74, 6) is 0.0412. The van der Waals surface area contributed by atoms with Crippen molar-refractivity contribution in [2.75, 3.05) is 72.6 Å². The molecule has 0 heterocycles. The lowest BCUT2D eigenvalue weighted by Gasteiger charge is -2.08. The number of carbonyl (C=O) groups excluding carboxylic acids is 1. The quantitative estimate of drug-likeness (QED) is 0.377.